The Balaban J connectivity index is 1.43. The van der Waals surface area contributed by atoms with E-state index in [2.05, 4.69) is 48.2 Å². The van der Waals surface area contributed by atoms with Crippen molar-refractivity contribution in [2.75, 3.05) is 13.1 Å². The SMILES string of the molecule is Cc1c(-c2ccccc2)cccc1-c1cc2cc3c(c(C#N)c2o1)CC[C@H]3N1CC[C@@H](C(=O)O)C1. The predicted molar refractivity (Wildman–Crippen MR) is 135 cm³/mol. The second kappa shape index (κ2) is 8.41. The molecular formula is C30H26N2O3. The number of carboxylic acid groups (broad SMARTS) is 1. The Morgan fingerprint density at radius 2 is 1.89 bits per heavy atom. The van der Waals surface area contributed by atoms with Gasteiger partial charge in [-0.05, 0) is 72.7 Å². The average Bonchev–Trinajstić information content (AvgIpc) is 3.61. The highest BCUT2D eigenvalue weighted by molar-refractivity contribution is 5.90. The van der Waals surface area contributed by atoms with Crippen molar-refractivity contribution < 1.29 is 14.3 Å². The van der Waals surface area contributed by atoms with Gasteiger partial charge >= 0.3 is 5.97 Å². The molecule has 0 saturated carbocycles. The summed E-state index contributed by atoms with van der Waals surface area (Å²) < 4.78 is 6.37. The average molecular weight is 463 g/mol. The molecule has 0 bridgehead atoms. The number of likely N-dealkylation sites (tertiary alicyclic amines) is 1. The molecule has 0 radical (unpaired) electrons. The van der Waals surface area contributed by atoms with Crippen molar-refractivity contribution in [1.29, 1.82) is 5.26 Å². The Kier molecular flexibility index (Phi) is 5.20. The number of hydrogen-bond donors (Lipinski definition) is 1. The van der Waals surface area contributed by atoms with Gasteiger partial charge in [-0.3, -0.25) is 9.69 Å². The minimum atomic E-state index is -0.716. The molecule has 5 nitrogen and oxygen atoms in total. The molecule has 5 heteroatoms. The number of fused-ring (bicyclic) bond motifs is 2. The van der Waals surface area contributed by atoms with Crippen LogP contribution in [0, 0.1) is 24.2 Å². The van der Waals surface area contributed by atoms with E-state index < -0.39 is 5.97 Å². The zero-order chi connectivity index (χ0) is 24.1. The first-order chi connectivity index (χ1) is 17.0. The standard InChI is InChI=1S/C30H26N2O3/c1-18-22(19-6-3-2-4-7-19)8-5-9-23(18)28-15-21-14-25-24(26(16-31)29(21)35-28)10-11-27(25)32-13-12-20(17-32)30(33)34/h2-9,14-15,20,27H,10-13,17H2,1H3,(H,33,34)/t20-,27-/m1/s1. The van der Waals surface area contributed by atoms with Crippen LogP contribution < -0.4 is 0 Å². The summed E-state index contributed by atoms with van der Waals surface area (Å²) in [5.41, 5.74) is 7.96. The van der Waals surface area contributed by atoms with Gasteiger partial charge in [-0.2, -0.15) is 5.26 Å². The Hall–Kier alpha value is -3.88. The van der Waals surface area contributed by atoms with Crippen LogP contribution in [0.3, 0.4) is 0 Å². The van der Waals surface area contributed by atoms with Gasteiger partial charge in [-0.1, -0.05) is 48.5 Å². The number of nitriles is 1. The number of benzene rings is 3. The first-order valence-electron chi connectivity index (χ1n) is 12.2. The van der Waals surface area contributed by atoms with E-state index in [1.807, 2.05) is 30.3 Å². The summed E-state index contributed by atoms with van der Waals surface area (Å²) in [6.07, 6.45) is 2.40. The van der Waals surface area contributed by atoms with Gasteiger partial charge in [0, 0.05) is 23.5 Å². The van der Waals surface area contributed by atoms with Crippen LogP contribution in [0.15, 0.2) is 65.1 Å². The number of hydrogen-bond acceptors (Lipinski definition) is 4. The molecule has 3 aromatic carbocycles. The molecule has 0 spiro atoms. The molecule has 1 aliphatic heterocycles. The molecule has 35 heavy (non-hydrogen) atoms. The van der Waals surface area contributed by atoms with Crippen molar-refractivity contribution in [3.8, 4) is 28.5 Å². The van der Waals surface area contributed by atoms with Crippen LogP contribution in [0.1, 0.15) is 41.1 Å². The largest absolute Gasteiger partial charge is 0.481 e. The molecule has 1 aromatic heterocycles. The van der Waals surface area contributed by atoms with Crippen LogP contribution in [-0.2, 0) is 11.2 Å². The van der Waals surface area contributed by atoms with E-state index in [0.29, 0.717) is 24.1 Å². The molecule has 1 N–H and O–H groups in total. The summed E-state index contributed by atoms with van der Waals surface area (Å²) in [5, 5.41) is 20.5. The van der Waals surface area contributed by atoms with E-state index >= 15 is 0 Å². The second-order valence-corrected chi connectivity index (χ2v) is 9.68. The molecule has 2 atom stereocenters. The smallest absolute Gasteiger partial charge is 0.307 e. The fraction of sp³-hybridized carbons (Fsp3) is 0.267. The lowest BCUT2D eigenvalue weighted by Crippen LogP contribution is -2.26. The fourth-order valence-electron chi connectivity index (χ4n) is 5.98. The molecular weight excluding hydrogens is 436 g/mol. The molecule has 2 heterocycles. The van der Waals surface area contributed by atoms with Crippen LogP contribution in [0.5, 0.6) is 0 Å². The number of furan rings is 1. The molecule has 1 saturated heterocycles. The monoisotopic (exact) mass is 462 g/mol. The molecule has 174 valence electrons. The second-order valence-electron chi connectivity index (χ2n) is 9.68. The maximum atomic E-state index is 11.5. The van der Waals surface area contributed by atoms with Crippen LogP contribution in [-0.4, -0.2) is 29.1 Å². The molecule has 1 fully saturated rings. The summed E-state index contributed by atoms with van der Waals surface area (Å²) in [7, 11) is 0. The third kappa shape index (κ3) is 3.53. The Bertz CT molecular complexity index is 1500. The summed E-state index contributed by atoms with van der Waals surface area (Å²) in [5.74, 6) is -0.260. The highest BCUT2D eigenvalue weighted by atomic mass is 16.4. The third-order valence-electron chi connectivity index (χ3n) is 7.78. The van der Waals surface area contributed by atoms with Crippen molar-refractivity contribution in [2.45, 2.75) is 32.2 Å². The van der Waals surface area contributed by atoms with E-state index in [9.17, 15) is 15.2 Å². The van der Waals surface area contributed by atoms with E-state index in [1.54, 1.807) is 0 Å². The number of carboxylic acids is 1. The Morgan fingerprint density at radius 1 is 1.09 bits per heavy atom. The third-order valence-corrected chi connectivity index (χ3v) is 7.78. The lowest BCUT2D eigenvalue weighted by atomic mass is 9.95. The maximum Gasteiger partial charge on any atom is 0.307 e. The minimum absolute atomic E-state index is 0.160. The number of rotatable bonds is 4. The van der Waals surface area contributed by atoms with E-state index in [1.165, 1.54) is 0 Å². The van der Waals surface area contributed by atoms with Crippen molar-refractivity contribution in [3.63, 3.8) is 0 Å². The topological polar surface area (TPSA) is 77.5 Å². The lowest BCUT2D eigenvalue weighted by molar-refractivity contribution is -0.141. The normalized spacial score (nSPS) is 19.7. The number of aliphatic carboxylic acids is 1. The number of nitrogens with zero attached hydrogens (tertiary/aromatic N) is 2. The van der Waals surface area contributed by atoms with Gasteiger partial charge in [0.05, 0.1) is 11.5 Å². The van der Waals surface area contributed by atoms with Gasteiger partial charge in [0.1, 0.15) is 11.8 Å². The molecule has 0 unspecified atom stereocenters. The summed E-state index contributed by atoms with van der Waals surface area (Å²) in [6, 6.07) is 23.3. The lowest BCUT2D eigenvalue weighted by Gasteiger charge is -2.24. The first kappa shape index (κ1) is 21.6. The molecule has 6 rings (SSSR count). The Morgan fingerprint density at radius 3 is 2.63 bits per heavy atom. The van der Waals surface area contributed by atoms with Crippen LogP contribution in [0.2, 0.25) is 0 Å². The van der Waals surface area contributed by atoms with Gasteiger partial charge in [-0.25, -0.2) is 0 Å². The van der Waals surface area contributed by atoms with Crippen molar-refractivity contribution in [1.82, 2.24) is 4.90 Å². The Labute approximate surface area is 204 Å². The minimum Gasteiger partial charge on any atom is -0.481 e. The summed E-state index contributed by atoms with van der Waals surface area (Å²) >= 11 is 0. The van der Waals surface area contributed by atoms with E-state index in [-0.39, 0.29) is 12.0 Å². The molecule has 4 aromatic rings. The quantitative estimate of drug-likeness (QED) is 0.383. The van der Waals surface area contributed by atoms with E-state index in [0.717, 1.165) is 63.9 Å². The molecule has 0 amide bonds. The van der Waals surface area contributed by atoms with Gasteiger partial charge in [0.2, 0.25) is 0 Å². The molecule has 2 aliphatic rings. The van der Waals surface area contributed by atoms with Crippen molar-refractivity contribution in [3.05, 3.63) is 82.9 Å². The van der Waals surface area contributed by atoms with Crippen LogP contribution in [0.25, 0.3) is 33.4 Å². The molecule has 1 aliphatic carbocycles. The zero-order valence-corrected chi connectivity index (χ0v) is 19.6. The number of carbonyl (C=O) groups is 1. The van der Waals surface area contributed by atoms with Gasteiger partial charge in [0.15, 0.2) is 5.58 Å². The maximum absolute atomic E-state index is 11.5. The van der Waals surface area contributed by atoms with Gasteiger partial charge < -0.3 is 9.52 Å². The van der Waals surface area contributed by atoms with Gasteiger partial charge in [-0.15, -0.1) is 0 Å². The van der Waals surface area contributed by atoms with E-state index in [4.69, 9.17) is 4.42 Å². The first-order valence-corrected chi connectivity index (χ1v) is 12.2. The van der Waals surface area contributed by atoms with Crippen LogP contribution in [0.4, 0.5) is 0 Å². The van der Waals surface area contributed by atoms with Gasteiger partial charge in [0.25, 0.3) is 0 Å². The zero-order valence-electron chi connectivity index (χ0n) is 19.6. The van der Waals surface area contributed by atoms with Crippen molar-refractivity contribution in [2.24, 2.45) is 5.92 Å². The highest BCUT2D eigenvalue weighted by Gasteiger charge is 2.37. The van der Waals surface area contributed by atoms with Crippen LogP contribution >= 0.6 is 0 Å². The summed E-state index contributed by atoms with van der Waals surface area (Å²) in [4.78, 5) is 13.8. The fourth-order valence-corrected chi connectivity index (χ4v) is 5.98. The highest BCUT2D eigenvalue weighted by Crippen LogP contribution is 2.44. The predicted octanol–water partition coefficient (Wildman–Crippen LogP) is 6.34. The summed E-state index contributed by atoms with van der Waals surface area (Å²) in [6.45, 7) is 3.46. The van der Waals surface area contributed by atoms with Crippen molar-refractivity contribution >= 4 is 16.9 Å².